The topological polar surface area (TPSA) is 23.5 Å². The largest absolute Gasteiger partial charge is 0.390 e. The van der Waals surface area contributed by atoms with E-state index in [0.29, 0.717) is 12.0 Å². The van der Waals surface area contributed by atoms with Crippen molar-refractivity contribution in [3.05, 3.63) is 0 Å². The maximum atomic E-state index is 9.82. The molecule has 0 bridgehead atoms. The third kappa shape index (κ3) is 2.20. The molecule has 1 rings (SSSR count). The molecular weight excluding hydrogens is 150 g/mol. The van der Waals surface area contributed by atoms with Crippen LogP contribution < -0.4 is 0 Å². The molecule has 2 atom stereocenters. The first kappa shape index (κ1) is 10.0. The van der Waals surface area contributed by atoms with Crippen molar-refractivity contribution in [1.29, 1.82) is 0 Å². The number of piperidine rings is 1. The standard InChI is InChI=1S/C10H21NO/c1-8-5-6-9(7-11(8)4)10(2,3)12/h8-9,12H,5-7H2,1-4H3. The maximum Gasteiger partial charge on any atom is 0.0632 e. The Bertz CT molecular complexity index is 150. The van der Waals surface area contributed by atoms with Crippen molar-refractivity contribution < 1.29 is 5.11 Å². The molecule has 0 aromatic rings. The molecule has 0 amide bonds. The first-order valence-corrected chi connectivity index (χ1v) is 4.84. The molecule has 12 heavy (non-hydrogen) atoms. The van der Waals surface area contributed by atoms with Gasteiger partial charge in [0.05, 0.1) is 5.60 Å². The van der Waals surface area contributed by atoms with Gasteiger partial charge in [-0.3, -0.25) is 0 Å². The zero-order valence-corrected chi connectivity index (χ0v) is 8.67. The Labute approximate surface area is 75.6 Å². The Morgan fingerprint density at radius 1 is 1.33 bits per heavy atom. The van der Waals surface area contributed by atoms with Crippen LogP contribution in [-0.2, 0) is 0 Å². The van der Waals surface area contributed by atoms with Gasteiger partial charge in [-0.1, -0.05) is 0 Å². The Balaban J connectivity index is 2.51. The van der Waals surface area contributed by atoms with Gasteiger partial charge in [0.25, 0.3) is 0 Å². The molecule has 1 heterocycles. The van der Waals surface area contributed by atoms with Gasteiger partial charge >= 0.3 is 0 Å². The Hall–Kier alpha value is -0.0800. The van der Waals surface area contributed by atoms with Crippen molar-refractivity contribution in [3.8, 4) is 0 Å². The fraction of sp³-hybridized carbons (Fsp3) is 1.00. The van der Waals surface area contributed by atoms with Gasteiger partial charge in [0.2, 0.25) is 0 Å². The van der Waals surface area contributed by atoms with E-state index >= 15 is 0 Å². The van der Waals surface area contributed by atoms with Gasteiger partial charge in [-0.25, -0.2) is 0 Å². The van der Waals surface area contributed by atoms with E-state index in [1.54, 1.807) is 0 Å². The molecule has 0 spiro atoms. The minimum atomic E-state index is -0.506. The number of likely N-dealkylation sites (tertiary alicyclic amines) is 1. The number of aliphatic hydroxyl groups is 1. The second-order valence-electron chi connectivity index (χ2n) is 4.72. The Morgan fingerprint density at radius 3 is 2.33 bits per heavy atom. The van der Waals surface area contributed by atoms with E-state index in [-0.39, 0.29) is 0 Å². The van der Waals surface area contributed by atoms with Gasteiger partial charge in [0, 0.05) is 12.6 Å². The molecule has 1 aliphatic heterocycles. The summed E-state index contributed by atoms with van der Waals surface area (Å²) in [6.45, 7) is 7.12. The first-order valence-electron chi connectivity index (χ1n) is 4.84. The van der Waals surface area contributed by atoms with Gasteiger partial charge in [-0.05, 0) is 46.6 Å². The van der Waals surface area contributed by atoms with Crippen LogP contribution in [0.5, 0.6) is 0 Å². The lowest BCUT2D eigenvalue weighted by molar-refractivity contribution is -0.0238. The minimum absolute atomic E-state index is 0.443. The van der Waals surface area contributed by atoms with Crippen molar-refractivity contribution in [3.63, 3.8) is 0 Å². The van der Waals surface area contributed by atoms with Crippen LogP contribution >= 0.6 is 0 Å². The molecule has 1 N–H and O–H groups in total. The summed E-state index contributed by atoms with van der Waals surface area (Å²) in [7, 11) is 2.14. The summed E-state index contributed by atoms with van der Waals surface area (Å²) in [4.78, 5) is 2.34. The number of nitrogens with zero attached hydrogens (tertiary/aromatic N) is 1. The number of hydrogen-bond acceptors (Lipinski definition) is 2. The highest BCUT2D eigenvalue weighted by Gasteiger charge is 2.32. The second-order valence-corrected chi connectivity index (χ2v) is 4.72. The quantitative estimate of drug-likeness (QED) is 0.646. The first-order chi connectivity index (χ1) is 5.41. The van der Waals surface area contributed by atoms with Crippen molar-refractivity contribution in [2.45, 2.75) is 45.3 Å². The Morgan fingerprint density at radius 2 is 1.92 bits per heavy atom. The highest BCUT2D eigenvalue weighted by Crippen LogP contribution is 2.28. The van der Waals surface area contributed by atoms with Crippen LogP contribution in [0, 0.1) is 5.92 Å². The summed E-state index contributed by atoms with van der Waals surface area (Å²) in [5, 5.41) is 9.82. The lowest BCUT2D eigenvalue weighted by Gasteiger charge is -2.40. The predicted octanol–water partition coefficient (Wildman–Crippen LogP) is 1.49. The van der Waals surface area contributed by atoms with Gasteiger partial charge < -0.3 is 10.0 Å². The van der Waals surface area contributed by atoms with Crippen LogP contribution in [0.1, 0.15) is 33.6 Å². The smallest absolute Gasteiger partial charge is 0.0632 e. The molecule has 2 heteroatoms. The average Bonchev–Trinajstić information content (AvgIpc) is 1.92. The van der Waals surface area contributed by atoms with Crippen LogP contribution in [0.2, 0.25) is 0 Å². The molecule has 0 aromatic heterocycles. The molecule has 2 nitrogen and oxygen atoms in total. The third-order valence-electron chi connectivity index (χ3n) is 3.19. The summed E-state index contributed by atoms with van der Waals surface area (Å²) < 4.78 is 0. The van der Waals surface area contributed by atoms with E-state index < -0.39 is 5.60 Å². The fourth-order valence-corrected chi connectivity index (χ4v) is 1.86. The lowest BCUT2D eigenvalue weighted by atomic mass is 9.82. The van der Waals surface area contributed by atoms with Crippen LogP contribution in [0.15, 0.2) is 0 Å². The van der Waals surface area contributed by atoms with Crippen molar-refractivity contribution >= 4 is 0 Å². The van der Waals surface area contributed by atoms with E-state index in [2.05, 4.69) is 18.9 Å². The summed E-state index contributed by atoms with van der Waals surface area (Å²) in [5.41, 5.74) is -0.506. The molecule has 2 unspecified atom stereocenters. The summed E-state index contributed by atoms with van der Waals surface area (Å²) in [5.74, 6) is 0.443. The van der Waals surface area contributed by atoms with Crippen molar-refractivity contribution in [2.75, 3.05) is 13.6 Å². The normalized spacial score (nSPS) is 33.8. The van der Waals surface area contributed by atoms with E-state index in [4.69, 9.17) is 0 Å². The van der Waals surface area contributed by atoms with Gasteiger partial charge in [-0.15, -0.1) is 0 Å². The number of rotatable bonds is 1. The van der Waals surface area contributed by atoms with E-state index in [9.17, 15) is 5.11 Å². The highest BCUT2D eigenvalue weighted by atomic mass is 16.3. The SMILES string of the molecule is CC1CCC(C(C)(C)O)CN1C. The molecule has 1 saturated heterocycles. The summed E-state index contributed by atoms with van der Waals surface area (Å²) in [6, 6.07) is 0.684. The van der Waals surface area contributed by atoms with E-state index in [1.807, 2.05) is 13.8 Å². The molecule has 0 aromatic carbocycles. The monoisotopic (exact) mass is 171 g/mol. The molecule has 72 valence electrons. The van der Waals surface area contributed by atoms with Crippen LogP contribution in [0.25, 0.3) is 0 Å². The van der Waals surface area contributed by atoms with Crippen LogP contribution in [0.4, 0.5) is 0 Å². The molecule has 1 fully saturated rings. The zero-order chi connectivity index (χ0) is 9.35. The predicted molar refractivity (Wildman–Crippen MR) is 51.1 cm³/mol. The Kier molecular flexibility index (Phi) is 2.79. The number of hydrogen-bond donors (Lipinski definition) is 1. The average molecular weight is 171 g/mol. The van der Waals surface area contributed by atoms with E-state index in [0.717, 1.165) is 13.0 Å². The van der Waals surface area contributed by atoms with E-state index in [1.165, 1.54) is 6.42 Å². The van der Waals surface area contributed by atoms with Crippen molar-refractivity contribution in [1.82, 2.24) is 4.90 Å². The zero-order valence-electron chi connectivity index (χ0n) is 8.67. The molecule has 0 saturated carbocycles. The van der Waals surface area contributed by atoms with Crippen LogP contribution in [0.3, 0.4) is 0 Å². The van der Waals surface area contributed by atoms with Gasteiger partial charge in [0.1, 0.15) is 0 Å². The maximum absolute atomic E-state index is 9.82. The van der Waals surface area contributed by atoms with Crippen LogP contribution in [-0.4, -0.2) is 35.2 Å². The molecule has 1 aliphatic rings. The van der Waals surface area contributed by atoms with Gasteiger partial charge in [-0.2, -0.15) is 0 Å². The summed E-state index contributed by atoms with van der Waals surface area (Å²) in [6.07, 6.45) is 2.38. The minimum Gasteiger partial charge on any atom is -0.390 e. The molecular formula is C10H21NO. The summed E-state index contributed by atoms with van der Waals surface area (Å²) >= 11 is 0. The second kappa shape index (κ2) is 3.35. The highest BCUT2D eigenvalue weighted by molar-refractivity contribution is 4.85. The van der Waals surface area contributed by atoms with Crippen molar-refractivity contribution in [2.24, 2.45) is 5.92 Å². The molecule has 0 aliphatic carbocycles. The lowest BCUT2D eigenvalue weighted by Crippen LogP contribution is -2.46. The molecule has 0 radical (unpaired) electrons. The third-order valence-corrected chi connectivity index (χ3v) is 3.19. The van der Waals surface area contributed by atoms with Gasteiger partial charge in [0.15, 0.2) is 0 Å². The fourth-order valence-electron chi connectivity index (χ4n) is 1.86.